The van der Waals surface area contributed by atoms with Crippen LogP contribution in [0.15, 0.2) is 339 Å². The zero-order valence-corrected chi connectivity index (χ0v) is 55.4. The third-order valence-electron chi connectivity index (χ3n) is 20.5. The lowest BCUT2D eigenvalue weighted by Gasteiger charge is -2.45. The molecule has 0 radical (unpaired) electrons. The van der Waals surface area contributed by atoms with Crippen LogP contribution in [0, 0.1) is 11.3 Å². The quantitative estimate of drug-likeness (QED) is 0.135. The summed E-state index contributed by atoms with van der Waals surface area (Å²) >= 11 is 0. The maximum atomic E-state index is 12.2. The van der Waals surface area contributed by atoms with Gasteiger partial charge in [0, 0.05) is 77.6 Å². The van der Waals surface area contributed by atoms with Crippen LogP contribution >= 0.6 is 0 Å². The highest BCUT2D eigenvalue weighted by atomic mass is 15.2. The topological polar surface area (TPSA) is 45.1 Å². The first-order valence-electron chi connectivity index (χ1n) is 41.9. The molecule has 0 N–H and O–H groups in total. The average molecular weight is 1320 g/mol. The number of benzene rings is 15. The zero-order valence-electron chi connectivity index (χ0n) is 71.4. The third-order valence-corrected chi connectivity index (χ3v) is 20.5. The van der Waals surface area contributed by atoms with Crippen LogP contribution in [0.25, 0.3) is 127 Å². The largest absolute Gasteiger partial charge is 0.310 e. The minimum Gasteiger partial charge on any atom is -0.310 e. The Morgan fingerprint density at radius 2 is 0.745 bits per heavy atom. The second-order valence-corrected chi connectivity index (χ2v) is 27.1. The van der Waals surface area contributed by atoms with Crippen LogP contribution in [0.1, 0.15) is 53.8 Å². The van der Waals surface area contributed by atoms with Gasteiger partial charge in [0.2, 0.25) is 0 Å². The van der Waals surface area contributed by atoms with E-state index in [1.807, 2.05) is 144 Å². The number of hydrogen-bond acceptors (Lipinski definition) is 3. The Morgan fingerprint density at radius 3 is 1.26 bits per heavy atom. The van der Waals surface area contributed by atoms with E-state index in [1.165, 1.54) is 9.13 Å². The molecule has 0 atom stereocenters. The van der Waals surface area contributed by atoms with Gasteiger partial charge in [-0.3, -0.25) is 0 Å². The molecule has 0 aliphatic carbocycles. The Kier molecular flexibility index (Phi) is 10.1. The molecule has 2 aliphatic rings. The van der Waals surface area contributed by atoms with Crippen LogP contribution in [0.4, 0.5) is 34.1 Å². The van der Waals surface area contributed by atoms with Crippen molar-refractivity contribution in [2.24, 2.45) is 0 Å². The number of fused-ring (bicyclic) bond motifs is 13. The summed E-state index contributed by atoms with van der Waals surface area (Å²) < 4.78 is 158. The second-order valence-electron chi connectivity index (χ2n) is 27.1. The monoisotopic (exact) mass is 1320 g/mol. The lowest BCUT2D eigenvalue weighted by molar-refractivity contribution is 0.591. The molecule has 6 nitrogen and oxygen atoms in total. The molecule has 2 aliphatic heterocycles. The molecule has 0 spiro atoms. The molecule has 7 heteroatoms. The molecular formula is C95H65BN6. The highest BCUT2D eigenvalue weighted by molar-refractivity contribution is 7.00. The van der Waals surface area contributed by atoms with Gasteiger partial charge in [0.1, 0.15) is 6.07 Å². The number of hydrogen-bond donors (Lipinski definition) is 0. The molecule has 0 fully saturated rings. The Balaban J connectivity index is 1.03. The van der Waals surface area contributed by atoms with Crippen molar-refractivity contribution in [3.05, 3.63) is 350 Å². The van der Waals surface area contributed by atoms with Gasteiger partial charge in [-0.2, -0.15) is 5.26 Å². The van der Waals surface area contributed by atoms with Crippen molar-refractivity contribution in [1.82, 2.24) is 13.7 Å². The van der Waals surface area contributed by atoms with E-state index >= 15 is 0 Å². The van der Waals surface area contributed by atoms with Gasteiger partial charge in [-0.25, -0.2) is 0 Å². The fourth-order valence-corrected chi connectivity index (χ4v) is 16.0. The first-order chi connectivity index (χ1) is 56.9. The van der Waals surface area contributed by atoms with E-state index in [4.69, 9.17) is 2.74 Å². The fraction of sp³-hybridized carbons (Fsp3) is 0.0421. The third kappa shape index (κ3) is 8.99. The molecule has 18 aromatic rings. The lowest BCUT2D eigenvalue weighted by atomic mass is 9.33. The average Bonchev–Trinajstić information content (AvgIpc) is 1.20. The van der Waals surface area contributed by atoms with Gasteiger partial charge in [0.05, 0.1) is 77.7 Å². The van der Waals surface area contributed by atoms with E-state index in [2.05, 4.69) is 127 Å². The van der Waals surface area contributed by atoms with Crippen molar-refractivity contribution in [3.63, 3.8) is 0 Å². The minimum atomic E-state index is -0.879. The molecule has 0 bridgehead atoms. The first-order valence-corrected chi connectivity index (χ1v) is 33.9. The molecule has 0 amide bonds. The molecule has 102 heavy (non-hydrogen) atoms. The van der Waals surface area contributed by atoms with Crippen molar-refractivity contribution in [3.8, 4) is 67.6 Å². The van der Waals surface area contributed by atoms with Crippen molar-refractivity contribution in [2.45, 2.75) is 26.2 Å². The molecule has 0 saturated heterocycles. The number of para-hydroxylation sites is 6. The summed E-state index contributed by atoms with van der Waals surface area (Å²) in [4.78, 5) is 4.22. The van der Waals surface area contributed by atoms with Gasteiger partial charge in [0.25, 0.3) is 6.71 Å². The summed E-state index contributed by atoms with van der Waals surface area (Å²) in [6, 6.07) is 74.0. The predicted molar refractivity (Wildman–Crippen MR) is 429 cm³/mol. The fourth-order valence-electron chi connectivity index (χ4n) is 16.0. The Morgan fingerprint density at radius 1 is 0.324 bits per heavy atom. The molecule has 20 rings (SSSR count). The summed E-state index contributed by atoms with van der Waals surface area (Å²) in [6.07, 6.45) is 0. The molecule has 3 aromatic heterocycles. The van der Waals surface area contributed by atoms with Crippen molar-refractivity contribution in [1.29, 1.82) is 5.26 Å². The number of aromatic nitrogens is 3. The number of rotatable bonds is 9. The van der Waals surface area contributed by atoms with Crippen LogP contribution in [-0.4, -0.2) is 20.4 Å². The number of nitriles is 1. The summed E-state index contributed by atoms with van der Waals surface area (Å²) in [6.45, 7) is 5.66. The standard InChI is InChI=1S/C95H65BN6/c1-95(2,3)66-54-78(62-29-9-5-10-30-62)94(79(55-66)63-31-11-6-12-32-63)102-88-52-48-64(71-34-14-13-33-70(71)61-27-7-4-8-28-61)53-81(88)96-80-51-50-68(99-84-43-23-17-37-74(84)75-38-18-24-44-85(75)99)57-90(80)101(89-56-67(49-47-65(89)60-97)98-82-41-21-15-35-72(82)73-36-16-22-42-83(73)98)91-58-69(59-92(102)93(91)96)100-86-45-25-19-39-76(86)77-40-20-26-46-87(77)100/h4-59H,1-3H3/i17D,18D,19D,20D,23D,24D,25D,26D,37D,38D,39D,40D,43D,44D,45D,46D. The molecule has 0 saturated carbocycles. The maximum absolute atomic E-state index is 12.2. The van der Waals surface area contributed by atoms with E-state index in [9.17, 15) is 24.5 Å². The van der Waals surface area contributed by atoms with Gasteiger partial charge in [-0.05, 0) is 158 Å². The molecule has 15 aromatic carbocycles. The van der Waals surface area contributed by atoms with E-state index in [-0.39, 0.29) is 60.5 Å². The number of anilines is 6. The van der Waals surface area contributed by atoms with Crippen molar-refractivity contribution in [2.75, 3.05) is 9.80 Å². The Hall–Kier alpha value is -13.1. The first kappa shape index (κ1) is 44.7. The van der Waals surface area contributed by atoms with Crippen LogP contribution in [0.3, 0.4) is 0 Å². The van der Waals surface area contributed by atoms with Crippen molar-refractivity contribution < 1.29 is 21.9 Å². The van der Waals surface area contributed by atoms with E-state index in [0.717, 1.165) is 77.3 Å². The van der Waals surface area contributed by atoms with E-state index < -0.39 is 109 Å². The Labute approximate surface area is 614 Å². The van der Waals surface area contributed by atoms with Gasteiger partial charge < -0.3 is 23.5 Å². The Bertz CT molecular complexity index is 7270. The summed E-state index contributed by atoms with van der Waals surface area (Å²) in [7, 11) is 0. The lowest BCUT2D eigenvalue weighted by Crippen LogP contribution is -2.61. The van der Waals surface area contributed by atoms with Gasteiger partial charge >= 0.3 is 0 Å². The molecule has 5 heterocycles. The molecular weight excluding hydrogens is 1240 g/mol. The summed E-state index contributed by atoms with van der Waals surface area (Å²) in [5.41, 5.74) is 14.8. The van der Waals surface area contributed by atoms with Crippen molar-refractivity contribution >= 4 is 123 Å². The number of nitrogens with zero attached hydrogens (tertiary/aromatic N) is 6. The van der Waals surface area contributed by atoms with Crippen LogP contribution in [-0.2, 0) is 5.41 Å². The van der Waals surface area contributed by atoms with Crippen LogP contribution < -0.4 is 26.2 Å². The SMILES string of the molecule is [2H]c1c([2H])c([2H])c2c(c1[2H])c1c([2H])c([2H])c([2H])c([2H])c1n2-c1ccc2c(c1)N(c1cc(-n3c4ccccc4c4ccccc43)ccc1C#N)c1cc(-n3c4c([2H])c([2H])c([2H])c([2H])c4c4c([2H])c([2H])c([2H])c([2H])c43)cc3c1B2c1cc(-c2ccccc2-c2ccccc2)ccc1N3c1c(-c2ccccc2)cc(C(C)(C)C)cc1-c1ccccc1. The van der Waals surface area contributed by atoms with Gasteiger partial charge in [-0.1, -0.05) is 263 Å². The van der Waals surface area contributed by atoms with E-state index in [1.54, 1.807) is 12.1 Å². The van der Waals surface area contributed by atoms with Gasteiger partial charge in [-0.15, -0.1) is 0 Å². The maximum Gasteiger partial charge on any atom is 0.252 e. The molecule has 0 unspecified atom stereocenters. The zero-order chi connectivity index (χ0) is 81.8. The molecule has 478 valence electrons. The van der Waals surface area contributed by atoms with Crippen LogP contribution in [0.2, 0.25) is 0 Å². The van der Waals surface area contributed by atoms with Gasteiger partial charge in [0.15, 0.2) is 0 Å². The summed E-state index contributed by atoms with van der Waals surface area (Å²) in [5, 5.41) is 13.5. The normalized spacial score (nSPS) is 14.8. The van der Waals surface area contributed by atoms with Crippen LogP contribution in [0.5, 0.6) is 0 Å². The minimum absolute atomic E-state index is 0.131. The predicted octanol–water partition coefficient (Wildman–Crippen LogP) is 22.9. The highest BCUT2D eigenvalue weighted by Crippen LogP contribution is 2.54. The van der Waals surface area contributed by atoms with E-state index in [0.29, 0.717) is 50.7 Å². The second kappa shape index (κ2) is 23.0. The highest BCUT2D eigenvalue weighted by Gasteiger charge is 2.46. The smallest absolute Gasteiger partial charge is 0.252 e. The summed E-state index contributed by atoms with van der Waals surface area (Å²) in [5.74, 6) is 0.